The molecule has 0 heterocycles. The van der Waals surface area contributed by atoms with Gasteiger partial charge >= 0.3 is 0 Å². The Morgan fingerprint density at radius 2 is 2.27 bits per heavy atom. The molecule has 0 saturated heterocycles. The van der Waals surface area contributed by atoms with Crippen LogP contribution in [0, 0.1) is 5.82 Å². The number of halogens is 1. The summed E-state index contributed by atoms with van der Waals surface area (Å²) in [5.41, 5.74) is 5.73. The summed E-state index contributed by atoms with van der Waals surface area (Å²) in [5.74, 6) is -0.643. The highest BCUT2D eigenvalue weighted by atomic mass is 32.1. The van der Waals surface area contributed by atoms with Crippen LogP contribution in [-0.2, 0) is 4.79 Å². The topological polar surface area (TPSA) is 46.3 Å². The first-order valence-electron chi connectivity index (χ1n) is 4.31. The number of carbonyl (C=O) groups is 1. The Balaban J connectivity index is 2.80. The molecule has 0 aliphatic rings. The number of carbonyl (C=O) groups excluding carboxylic acids is 1. The number of hydrogen-bond acceptors (Lipinski definition) is 2. The van der Waals surface area contributed by atoms with Crippen molar-refractivity contribution in [1.29, 1.82) is 0 Å². The fraction of sp³-hybridized carbons (Fsp3) is 0.200. The molecule has 80 valence electrons. The zero-order chi connectivity index (χ0) is 11.4. The Kier molecular flexibility index (Phi) is 3.74. The molecule has 0 saturated carbocycles. The van der Waals surface area contributed by atoms with Crippen molar-refractivity contribution in [3.8, 4) is 0 Å². The highest BCUT2D eigenvalue weighted by Gasteiger charge is 2.11. The van der Waals surface area contributed by atoms with E-state index in [2.05, 4.69) is 12.2 Å². The lowest BCUT2D eigenvalue weighted by molar-refractivity contribution is -0.117. The Bertz CT molecular complexity index is 395. The van der Waals surface area contributed by atoms with E-state index in [1.54, 1.807) is 13.1 Å². The van der Waals surface area contributed by atoms with Crippen LogP contribution in [0.4, 0.5) is 10.1 Å². The summed E-state index contributed by atoms with van der Waals surface area (Å²) in [6.07, 6.45) is -0.0116. The van der Waals surface area contributed by atoms with Crippen molar-refractivity contribution in [1.82, 2.24) is 0 Å². The maximum atomic E-state index is 12.9. The van der Waals surface area contributed by atoms with E-state index in [0.29, 0.717) is 5.69 Å². The number of hydrogen-bond donors (Lipinski definition) is 1. The molecular formula is C10H11FN2OS. The number of amides is 1. The smallest absolute Gasteiger partial charge is 0.233 e. The molecule has 0 bridgehead atoms. The van der Waals surface area contributed by atoms with Gasteiger partial charge in [0.05, 0.1) is 11.4 Å². The van der Waals surface area contributed by atoms with E-state index in [4.69, 9.17) is 5.73 Å². The highest BCUT2D eigenvalue weighted by molar-refractivity contribution is 7.80. The van der Waals surface area contributed by atoms with Crippen molar-refractivity contribution in [2.75, 3.05) is 11.9 Å². The first-order valence-corrected chi connectivity index (χ1v) is 4.72. The van der Waals surface area contributed by atoms with E-state index in [-0.39, 0.29) is 23.1 Å². The lowest BCUT2D eigenvalue weighted by Gasteiger charge is -2.16. The maximum absolute atomic E-state index is 12.9. The molecule has 0 aliphatic heterocycles. The van der Waals surface area contributed by atoms with Gasteiger partial charge in [-0.15, -0.1) is 0 Å². The SMILES string of the molecule is CN(C(=O)CC(N)=S)c1cccc(F)c1. The van der Waals surface area contributed by atoms with Gasteiger partial charge in [0.2, 0.25) is 5.91 Å². The van der Waals surface area contributed by atoms with E-state index in [1.165, 1.54) is 23.1 Å². The van der Waals surface area contributed by atoms with Crippen LogP contribution < -0.4 is 10.6 Å². The van der Waals surface area contributed by atoms with Crippen LogP contribution in [-0.4, -0.2) is 17.9 Å². The molecule has 1 aromatic rings. The molecule has 0 aliphatic carbocycles. The summed E-state index contributed by atoms with van der Waals surface area (Å²) in [4.78, 5) is 13.0. The quantitative estimate of drug-likeness (QED) is 0.794. The van der Waals surface area contributed by atoms with Gasteiger partial charge in [0.25, 0.3) is 0 Å². The Hall–Kier alpha value is -1.49. The second-order valence-electron chi connectivity index (χ2n) is 3.08. The first-order chi connectivity index (χ1) is 7.00. The molecule has 0 radical (unpaired) electrons. The van der Waals surface area contributed by atoms with Crippen molar-refractivity contribution < 1.29 is 9.18 Å². The molecule has 1 aromatic carbocycles. The fourth-order valence-corrected chi connectivity index (χ4v) is 1.22. The van der Waals surface area contributed by atoms with Crippen LogP contribution in [0.1, 0.15) is 6.42 Å². The zero-order valence-electron chi connectivity index (χ0n) is 8.24. The molecule has 15 heavy (non-hydrogen) atoms. The summed E-state index contributed by atoms with van der Waals surface area (Å²) in [5, 5.41) is 0. The van der Waals surface area contributed by atoms with Gasteiger partial charge in [-0.1, -0.05) is 18.3 Å². The van der Waals surface area contributed by atoms with Gasteiger partial charge in [-0.3, -0.25) is 4.79 Å². The van der Waals surface area contributed by atoms with E-state index in [9.17, 15) is 9.18 Å². The molecule has 3 nitrogen and oxygen atoms in total. The maximum Gasteiger partial charge on any atom is 0.233 e. The van der Waals surface area contributed by atoms with Crippen LogP contribution in [0.5, 0.6) is 0 Å². The Morgan fingerprint density at radius 1 is 1.60 bits per heavy atom. The summed E-state index contributed by atoms with van der Waals surface area (Å²) in [6.45, 7) is 0. The largest absolute Gasteiger partial charge is 0.393 e. The van der Waals surface area contributed by atoms with Crippen molar-refractivity contribution in [2.45, 2.75) is 6.42 Å². The monoisotopic (exact) mass is 226 g/mol. The highest BCUT2D eigenvalue weighted by Crippen LogP contribution is 2.14. The van der Waals surface area contributed by atoms with Crippen molar-refractivity contribution >= 4 is 28.8 Å². The van der Waals surface area contributed by atoms with Crippen molar-refractivity contribution in [3.05, 3.63) is 30.1 Å². The van der Waals surface area contributed by atoms with Gasteiger partial charge in [-0.25, -0.2) is 4.39 Å². The number of rotatable bonds is 3. The average molecular weight is 226 g/mol. The minimum Gasteiger partial charge on any atom is -0.393 e. The van der Waals surface area contributed by atoms with Crippen LogP contribution in [0.15, 0.2) is 24.3 Å². The number of benzene rings is 1. The molecule has 0 atom stereocenters. The molecule has 0 aromatic heterocycles. The molecule has 5 heteroatoms. The van der Waals surface area contributed by atoms with E-state index in [0.717, 1.165) is 0 Å². The number of nitrogens with zero attached hydrogens (tertiary/aromatic N) is 1. The third-order valence-electron chi connectivity index (χ3n) is 1.90. The van der Waals surface area contributed by atoms with Gasteiger partial charge in [0, 0.05) is 12.7 Å². The molecule has 0 fully saturated rings. The summed E-state index contributed by atoms with van der Waals surface area (Å²) < 4.78 is 12.9. The Labute approximate surface area is 92.7 Å². The third-order valence-corrected chi connectivity index (χ3v) is 2.04. The zero-order valence-corrected chi connectivity index (χ0v) is 9.05. The van der Waals surface area contributed by atoms with Gasteiger partial charge < -0.3 is 10.6 Å². The van der Waals surface area contributed by atoms with Crippen LogP contribution >= 0.6 is 12.2 Å². The normalized spacial score (nSPS) is 9.73. The Morgan fingerprint density at radius 3 is 2.80 bits per heavy atom. The first kappa shape index (κ1) is 11.6. The molecule has 2 N–H and O–H groups in total. The van der Waals surface area contributed by atoms with E-state index < -0.39 is 0 Å². The second kappa shape index (κ2) is 4.84. The fourth-order valence-electron chi connectivity index (χ4n) is 1.10. The summed E-state index contributed by atoms with van der Waals surface area (Å²) >= 11 is 4.62. The van der Waals surface area contributed by atoms with Gasteiger partial charge in [-0.2, -0.15) is 0 Å². The summed E-state index contributed by atoms with van der Waals surface area (Å²) in [7, 11) is 1.55. The minimum absolute atomic E-state index is 0.0116. The average Bonchev–Trinajstić information content (AvgIpc) is 2.15. The van der Waals surface area contributed by atoms with Crippen LogP contribution in [0.25, 0.3) is 0 Å². The summed E-state index contributed by atoms with van der Waals surface area (Å²) in [6, 6.07) is 5.77. The minimum atomic E-state index is -0.387. The van der Waals surface area contributed by atoms with Crippen LogP contribution in [0.2, 0.25) is 0 Å². The molecular weight excluding hydrogens is 215 g/mol. The lowest BCUT2D eigenvalue weighted by atomic mass is 10.2. The predicted molar refractivity (Wildman–Crippen MR) is 61.2 cm³/mol. The molecule has 0 spiro atoms. The van der Waals surface area contributed by atoms with E-state index >= 15 is 0 Å². The van der Waals surface area contributed by atoms with Crippen molar-refractivity contribution in [2.24, 2.45) is 5.73 Å². The molecule has 1 rings (SSSR count). The predicted octanol–water partition coefficient (Wildman–Crippen LogP) is 1.46. The second-order valence-corrected chi connectivity index (χ2v) is 3.60. The number of nitrogens with two attached hydrogens (primary N) is 1. The number of anilines is 1. The molecule has 1 amide bonds. The van der Waals surface area contributed by atoms with Gasteiger partial charge in [0.1, 0.15) is 5.82 Å². The van der Waals surface area contributed by atoms with Gasteiger partial charge in [-0.05, 0) is 18.2 Å². The standard InChI is InChI=1S/C10H11FN2OS/c1-13(10(14)6-9(12)15)8-4-2-3-7(11)5-8/h2-5H,6H2,1H3,(H2,12,15). The van der Waals surface area contributed by atoms with Gasteiger partial charge in [0.15, 0.2) is 0 Å². The van der Waals surface area contributed by atoms with Crippen molar-refractivity contribution in [3.63, 3.8) is 0 Å². The molecule has 0 unspecified atom stereocenters. The lowest BCUT2D eigenvalue weighted by Crippen LogP contribution is -2.29. The van der Waals surface area contributed by atoms with E-state index in [1.807, 2.05) is 0 Å². The number of thiocarbonyl (C=S) groups is 1. The van der Waals surface area contributed by atoms with Crippen LogP contribution in [0.3, 0.4) is 0 Å². The third kappa shape index (κ3) is 3.28.